The van der Waals surface area contributed by atoms with Crippen molar-refractivity contribution < 1.29 is 13.2 Å². The third kappa shape index (κ3) is 8.41. The summed E-state index contributed by atoms with van der Waals surface area (Å²) in [6.45, 7) is 1.30. The first-order valence-electron chi connectivity index (χ1n) is 6.42. The molecule has 0 aromatic rings. The average Bonchev–Trinajstić information content (AvgIpc) is 2.23. The number of carbonyl (C=O) groups excluding carboxylic acids is 1. The minimum absolute atomic E-state index is 0. The summed E-state index contributed by atoms with van der Waals surface area (Å²) in [6.07, 6.45) is 3.80. The molecule has 1 aliphatic carbocycles. The van der Waals surface area contributed by atoms with Gasteiger partial charge in [0, 0.05) is 26.1 Å². The highest BCUT2D eigenvalue weighted by molar-refractivity contribution is 7.89. The molecule has 19 heavy (non-hydrogen) atoms. The highest BCUT2D eigenvalue weighted by Crippen LogP contribution is 2.25. The quantitative estimate of drug-likeness (QED) is 0.552. The van der Waals surface area contributed by atoms with E-state index < -0.39 is 10.0 Å². The third-order valence-corrected chi connectivity index (χ3v) is 4.46. The summed E-state index contributed by atoms with van der Waals surface area (Å²) >= 11 is 0. The molecule has 0 bridgehead atoms. The Balaban J connectivity index is 0.00000324. The Morgan fingerprint density at radius 1 is 1.26 bits per heavy atom. The SMILES string of the molecule is CNCCC(=O)NCCS(=O)(=O)NCC1CCC1.Cl. The van der Waals surface area contributed by atoms with Gasteiger partial charge in [0.15, 0.2) is 0 Å². The van der Waals surface area contributed by atoms with Crippen LogP contribution in [0, 0.1) is 5.92 Å². The zero-order chi connectivity index (χ0) is 13.4. The van der Waals surface area contributed by atoms with Gasteiger partial charge in [-0.3, -0.25) is 4.79 Å². The fourth-order valence-corrected chi connectivity index (χ4v) is 2.67. The van der Waals surface area contributed by atoms with Gasteiger partial charge < -0.3 is 10.6 Å². The summed E-state index contributed by atoms with van der Waals surface area (Å²) in [5, 5.41) is 5.45. The van der Waals surface area contributed by atoms with Crippen LogP contribution < -0.4 is 15.4 Å². The molecule has 0 atom stereocenters. The zero-order valence-electron chi connectivity index (χ0n) is 11.3. The van der Waals surface area contributed by atoms with E-state index in [1.54, 1.807) is 7.05 Å². The predicted molar refractivity (Wildman–Crippen MR) is 77.9 cm³/mol. The Morgan fingerprint density at radius 3 is 2.47 bits per heavy atom. The van der Waals surface area contributed by atoms with Gasteiger partial charge in [-0.2, -0.15) is 0 Å². The van der Waals surface area contributed by atoms with E-state index in [0.29, 0.717) is 25.4 Å². The standard InChI is InChI=1S/C11H23N3O3S.ClH/c1-12-6-5-11(15)13-7-8-18(16,17)14-9-10-3-2-4-10;/h10,12,14H,2-9H2,1H3,(H,13,15);1H. The van der Waals surface area contributed by atoms with Gasteiger partial charge >= 0.3 is 0 Å². The molecule has 0 heterocycles. The van der Waals surface area contributed by atoms with E-state index >= 15 is 0 Å². The lowest BCUT2D eigenvalue weighted by Crippen LogP contribution is -2.38. The molecule has 1 saturated carbocycles. The van der Waals surface area contributed by atoms with Crippen molar-refractivity contribution in [3.05, 3.63) is 0 Å². The largest absolute Gasteiger partial charge is 0.355 e. The van der Waals surface area contributed by atoms with Gasteiger partial charge in [-0.25, -0.2) is 13.1 Å². The number of rotatable bonds is 9. The normalized spacial score (nSPS) is 15.4. The first kappa shape index (κ1) is 18.6. The van der Waals surface area contributed by atoms with Crippen molar-refractivity contribution in [1.82, 2.24) is 15.4 Å². The molecule has 0 saturated heterocycles. The maximum Gasteiger partial charge on any atom is 0.221 e. The van der Waals surface area contributed by atoms with Crippen molar-refractivity contribution in [2.75, 3.05) is 32.4 Å². The van der Waals surface area contributed by atoms with Crippen molar-refractivity contribution in [2.24, 2.45) is 5.92 Å². The number of halogens is 1. The van der Waals surface area contributed by atoms with Crippen LogP contribution in [0.25, 0.3) is 0 Å². The fourth-order valence-electron chi connectivity index (χ4n) is 1.67. The van der Waals surface area contributed by atoms with Gasteiger partial charge in [-0.05, 0) is 25.8 Å². The summed E-state index contributed by atoms with van der Waals surface area (Å²) in [7, 11) is -1.48. The van der Waals surface area contributed by atoms with Gasteiger partial charge in [-0.1, -0.05) is 6.42 Å². The van der Waals surface area contributed by atoms with Crippen LogP contribution >= 0.6 is 12.4 Å². The number of hydrogen-bond acceptors (Lipinski definition) is 4. The van der Waals surface area contributed by atoms with Crippen LogP contribution in [0.3, 0.4) is 0 Å². The molecule has 0 unspecified atom stereocenters. The second kappa shape index (κ2) is 9.52. The second-order valence-corrected chi connectivity index (χ2v) is 6.59. The van der Waals surface area contributed by atoms with Gasteiger partial charge in [0.1, 0.15) is 0 Å². The van der Waals surface area contributed by atoms with Crippen molar-refractivity contribution >= 4 is 28.3 Å². The molecule has 0 aromatic carbocycles. The van der Waals surface area contributed by atoms with Crippen LogP contribution in [0.4, 0.5) is 0 Å². The van der Waals surface area contributed by atoms with E-state index in [1.165, 1.54) is 6.42 Å². The number of nitrogens with one attached hydrogen (secondary N) is 3. The molecule has 8 heteroatoms. The van der Waals surface area contributed by atoms with Crippen molar-refractivity contribution in [3.63, 3.8) is 0 Å². The van der Waals surface area contributed by atoms with E-state index in [4.69, 9.17) is 0 Å². The van der Waals surface area contributed by atoms with Gasteiger partial charge in [0.2, 0.25) is 15.9 Å². The number of hydrogen-bond donors (Lipinski definition) is 3. The van der Waals surface area contributed by atoms with Crippen LogP contribution in [-0.4, -0.2) is 46.8 Å². The van der Waals surface area contributed by atoms with Crippen molar-refractivity contribution in [2.45, 2.75) is 25.7 Å². The van der Waals surface area contributed by atoms with E-state index in [-0.39, 0.29) is 30.6 Å². The number of carbonyl (C=O) groups is 1. The Bertz CT molecular complexity index is 358. The monoisotopic (exact) mass is 313 g/mol. The average molecular weight is 314 g/mol. The molecule has 1 amide bonds. The second-order valence-electron chi connectivity index (χ2n) is 4.67. The van der Waals surface area contributed by atoms with E-state index in [9.17, 15) is 13.2 Å². The van der Waals surface area contributed by atoms with E-state index in [1.807, 2.05) is 0 Å². The first-order valence-corrected chi connectivity index (χ1v) is 8.07. The van der Waals surface area contributed by atoms with E-state index in [0.717, 1.165) is 12.8 Å². The summed E-state index contributed by atoms with van der Waals surface area (Å²) in [4.78, 5) is 11.2. The molecule has 0 spiro atoms. The minimum atomic E-state index is -3.25. The minimum Gasteiger partial charge on any atom is -0.355 e. The Hall–Kier alpha value is -0.370. The van der Waals surface area contributed by atoms with Crippen LogP contribution in [0.5, 0.6) is 0 Å². The molecular formula is C11H24ClN3O3S. The molecule has 0 aliphatic heterocycles. The van der Waals surface area contributed by atoms with Crippen LogP contribution in [0.1, 0.15) is 25.7 Å². The molecule has 114 valence electrons. The Morgan fingerprint density at radius 2 is 1.95 bits per heavy atom. The molecule has 1 fully saturated rings. The van der Waals surface area contributed by atoms with Gasteiger partial charge in [0.05, 0.1) is 5.75 Å². The van der Waals surface area contributed by atoms with Crippen LogP contribution in [0.2, 0.25) is 0 Å². The lowest BCUT2D eigenvalue weighted by Gasteiger charge is -2.25. The predicted octanol–water partition coefficient (Wildman–Crippen LogP) is -0.147. The maximum absolute atomic E-state index is 11.6. The van der Waals surface area contributed by atoms with E-state index in [2.05, 4.69) is 15.4 Å². The lowest BCUT2D eigenvalue weighted by atomic mass is 9.86. The highest BCUT2D eigenvalue weighted by atomic mass is 35.5. The van der Waals surface area contributed by atoms with Crippen LogP contribution in [0.15, 0.2) is 0 Å². The summed E-state index contributed by atoms with van der Waals surface area (Å²) in [5.41, 5.74) is 0. The molecule has 0 radical (unpaired) electrons. The first-order chi connectivity index (χ1) is 8.53. The lowest BCUT2D eigenvalue weighted by molar-refractivity contribution is -0.120. The Labute approximate surface area is 121 Å². The maximum atomic E-state index is 11.6. The van der Waals surface area contributed by atoms with Crippen molar-refractivity contribution in [1.29, 1.82) is 0 Å². The summed E-state index contributed by atoms with van der Waals surface area (Å²) in [6, 6.07) is 0. The molecule has 3 N–H and O–H groups in total. The molecule has 6 nitrogen and oxygen atoms in total. The molecule has 1 rings (SSSR count). The van der Waals surface area contributed by atoms with Gasteiger partial charge in [0.25, 0.3) is 0 Å². The van der Waals surface area contributed by atoms with Crippen LogP contribution in [-0.2, 0) is 14.8 Å². The Kier molecular flexibility index (Phi) is 9.34. The smallest absolute Gasteiger partial charge is 0.221 e. The van der Waals surface area contributed by atoms with Crippen molar-refractivity contribution in [3.8, 4) is 0 Å². The number of sulfonamides is 1. The third-order valence-electron chi connectivity index (χ3n) is 3.11. The zero-order valence-corrected chi connectivity index (χ0v) is 12.9. The number of amides is 1. The summed E-state index contributed by atoms with van der Waals surface area (Å²) < 4.78 is 25.8. The van der Waals surface area contributed by atoms with Gasteiger partial charge in [-0.15, -0.1) is 12.4 Å². The molecular weight excluding hydrogens is 290 g/mol. The summed E-state index contributed by atoms with van der Waals surface area (Å²) in [5.74, 6) is 0.328. The molecule has 0 aromatic heterocycles. The molecule has 1 aliphatic rings. The fraction of sp³-hybridized carbons (Fsp3) is 0.909. The topological polar surface area (TPSA) is 87.3 Å². The highest BCUT2D eigenvalue weighted by Gasteiger charge is 2.20.